The Kier molecular flexibility index (Phi) is 3.46. The van der Waals surface area contributed by atoms with Crippen molar-refractivity contribution in [1.82, 2.24) is 19.2 Å². The van der Waals surface area contributed by atoms with Gasteiger partial charge in [-0.25, -0.2) is 4.98 Å². The lowest BCUT2D eigenvalue weighted by Gasteiger charge is -2.49. The summed E-state index contributed by atoms with van der Waals surface area (Å²) < 4.78 is 1.97. The van der Waals surface area contributed by atoms with Crippen molar-refractivity contribution >= 4 is 17.5 Å². The van der Waals surface area contributed by atoms with E-state index in [-0.39, 0.29) is 35.4 Å². The van der Waals surface area contributed by atoms with E-state index in [1.165, 1.54) is 0 Å². The van der Waals surface area contributed by atoms with Crippen molar-refractivity contribution in [3.63, 3.8) is 0 Å². The van der Waals surface area contributed by atoms with Crippen LogP contribution >= 0.6 is 0 Å². The number of carbonyl (C=O) groups excluding carboxylic acids is 2. The molecule has 2 aromatic rings. The lowest BCUT2D eigenvalue weighted by atomic mass is 9.66. The quantitative estimate of drug-likeness (QED) is 0.780. The first kappa shape index (κ1) is 16.8. The van der Waals surface area contributed by atoms with Crippen LogP contribution < -0.4 is 0 Å². The molecule has 6 heteroatoms. The van der Waals surface area contributed by atoms with E-state index < -0.39 is 0 Å². The highest BCUT2D eigenvalue weighted by Crippen LogP contribution is 2.54. The Morgan fingerprint density at radius 1 is 1.22 bits per heavy atom. The molecule has 2 aromatic heterocycles. The maximum atomic E-state index is 13.5. The van der Waals surface area contributed by atoms with Crippen molar-refractivity contribution in [3.8, 4) is 0 Å². The topological polar surface area (TPSA) is 57.9 Å². The molecular weight excluding hydrogens is 340 g/mol. The molecule has 2 aliphatic heterocycles. The molecule has 3 aliphatic rings. The summed E-state index contributed by atoms with van der Waals surface area (Å²) in [6.45, 7) is 6.62. The molecule has 142 valence electrons. The molecule has 2 bridgehead atoms. The lowest BCUT2D eigenvalue weighted by molar-refractivity contribution is -0.137. The van der Waals surface area contributed by atoms with Gasteiger partial charge in [0, 0.05) is 42.9 Å². The van der Waals surface area contributed by atoms with Crippen LogP contribution in [0.15, 0.2) is 24.4 Å². The molecule has 0 N–H and O–H groups in total. The van der Waals surface area contributed by atoms with Gasteiger partial charge in [-0.2, -0.15) is 0 Å². The molecule has 27 heavy (non-hydrogen) atoms. The average Bonchev–Trinajstić information content (AvgIpc) is 3.18. The number of carbonyl (C=O) groups is 2. The van der Waals surface area contributed by atoms with E-state index in [1.807, 2.05) is 40.6 Å². The molecule has 4 atom stereocenters. The van der Waals surface area contributed by atoms with Crippen LogP contribution in [0.4, 0.5) is 0 Å². The maximum absolute atomic E-state index is 13.5. The van der Waals surface area contributed by atoms with E-state index >= 15 is 0 Å². The van der Waals surface area contributed by atoms with Gasteiger partial charge in [0.2, 0.25) is 5.91 Å². The standard InChI is InChI=1S/C21H26N4O2/c1-13-6-4-9-19-22-16(12-23(13)19)20(27)25-15-10-21(3)17(7-5-8-18(21)25)24(11-15)14(2)26/h4,6,9,12,15,17-18H,5,7-8,10-11H2,1-3H3/t15-,17+,18-,21+/m0/s1. The number of fused-ring (bicyclic) bond motifs is 2. The third-order valence-electron chi connectivity index (χ3n) is 7.22. The minimum Gasteiger partial charge on any atom is -0.337 e. The van der Waals surface area contributed by atoms with Gasteiger partial charge >= 0.3 is 0 Å². The number of piperidine rings is 1. The summed E-state index contributed by atoms with van der Waals surface area (Å²) in [7, 11) is 0. The summed E-state index contributed by atoms with van der Waals surface area (Å²) >= 11 is 0. The van der Waals surface area contributed by atoms with E-state index in [2.05, 4.69) is 16.8 Å². The Hall–Kier alpha value is -2.37. The summed E-state index contributed by atoms with van der Waals surface area (Å²) in [6, 6.07) is 6.46. The predicted molar refractivity (Wildman–Crippen MR) is 101 cm³/mol. The fourth-order valence-corrected chi connectivity index (χ4v) is 6.03. The molecule has 6 nitrogen and oxygen atoms in total. The first-order valence-corrected chi connectivity index (χ1v) is 9.95. The Morgan fingerprint density at radius 2 is 2.00 bits per heavy atom. The second-order valence-corrected chi connectivity index (χ2v) is 8.73. The van der Waals surface area contributed by atoms with E-state index in [4.69, 9.17) is 0 Å². The third-order valence-corrected chi connectivity index (χ3v) is 7.22. The van der Waals surface area contributed by atoms with Crippen molar-refractivity contribution in [3.05, 3.63) is 35.8 Å². The van der Waals surface area contributed by atoms with Crippen LogP contribution in [0.2, 0.25) is 0 Å². The highest BCUT2D eigenvalue weighted by Gasteiger charge is 2.61. The van der Waals surface area contributed by atoms with Crippen LogP contribution in [-0.4, -0.2) is 55.7 Å². The Morgan fingerprint density at radius 3 is 2.74 bits per heavy atom. The molecule has 5 rings (SSSR count). The number of hydrogen-bond donors (Lipinski definition) is 0. The van der Waals surface area contributed by atoms with Gasteiger partial charge < -0.3 is 14.2 Å². The molecule has 1 aliphatic carbocycles. The predicted octanol–water partition coefficient (Wildman–Crippen LogP) is 2.65. The van der Waals surface area contributed by atoms with Crippen LogP contribution in [0.5, 0.6) is 0 Å². The molecule has 0 radical (unpaired) electrons. The van der Waals surface area contributed by atoms with Crippen molar-refractivity contribution < 1.29 is 9.59 Å². The SMILES string of the molecule is CC(=O)N1C[C@@H]2C[C@@]3(C)[C@H](CCC[C@@H]13)N2C(=O)c1cn2c(C)cccc2n1. The van der Waals surface area contributed by atoms with Crippen molar-refractivity contribution in [2.45, 2.75) is 64.6 Å². The van der Waals surface area contributed by atoms with Crippen molar-refractivity contribution in [2.24, 2.45) is 5.41 Å². The summed E-state index contributed by atoms with van der Waals surface area (Å²) in [6.07, 6.45) is 5.99. The fourth-order valence-electron chi connectivity index (χ4n) is 6.03. The van der Waals surface area contributed by atoms with Crippen LogP contribution in [0.3, 0.4) is 0 Å². The highest BCUT2D eigenvalue weighted by molar-refractivity contribution is 5.94. The summed E-state index contributed by atoms with van der Waals surface area (Å²) in [4.78, 5) is 34.5. The number of hydrogen-bond acceptors (Lipinski definition) is 3. The molecule has 1 saturated carbocycles. The van der Waals surface area contributed by atoms with Crippen molar-refractivity contribution in [1.29, 1.82) is 0 Å². The summed E-state index contributed by atoms with van der Waals surface area (Å²) in [5.41, 5.74) is 2.37. The third kappa shape index (κ3) is 2.22. The second-order valence-electron chi connectivity index (χ2n) is 8.73. The first-order valence-electron chi connectivity index (χ1n) is 9.95. The lowest BCUT2D eigenvalue weighted by Crippen LogP contribution is -2.57. The minimum atomic E-state index is -0.00241. The average molecular weight is 366 g/mol. The molecular formula is C21H26N4O2. The molecule has 0 unspecified atom stereocenters. The van der Waals surface area contributed by atoms with Gasteiger partial charge in [0.25, 0.3) is 5.91 Å². The van der Waals surface area contributed by atoms with E-state index in [1.54, 1.807) is 6.92 Å². The molecule has 4 heterocycles. The molecule has 2 amide bonds. The Balaban J connectivity index is 1.55. The summed E-state index contributed by atoms with van der Waals surface area (Å²) in [5, 5.41) is 0. The first-order chi connectivity index (χ1) is 12.9. The van der Waals surface area contributed by atoms with Gasteiger partial charge in [-0.15, -0.1) is 0 Å². The molecule has 0 spiro atoms. The molecule has 0 aromatic carbocycles. The number of likely N-dealkylation sites (tertiary alicyclic amines) is 2. The van der Waals surface area contributed by atoms with E-state index in [0.717, 1.165) is 37.0 Å². The summed E-state index contributed by atoms with van der Waals surface area (Å²) in [5.74, 6) is 0.150. The number of amides is 2. The van der Waals surface area contributed by atoms with Gasteiger partial charge in [-0.3, -0.25) is 9.59 Å². The van der Waals surface area contributed by atoms with Crippen LogP contribution in [0, 0.1) is 12.3 Å². The zero-order valence-corrected chi connectivity index (χ0v) is 16.2. The number of aromatic nitrogens is 2. The largest absolute Gasteiger partial charge is 0.337 e. The van der Waals surface area contributed by atoms with Crippen LogP contribution in [0.1, 0.15) is 55.7 Å². The van der Waals surface area contributed by atoms with E-state index in [9.17, 15) is 9.59 Å². The highest BCUT2D eigenvalue weighted by atomic mass is 16.2. The number of rotatable bonds is 1. The number of pyridine rings is 1. The second kappa shape index (κ2) is 5.57. The number of aryl methyl sites for hydroxylation is 1. The molecule has 2 saturated heterocycles. The molecule has 3 fully saturated rings. The number of imidazole rings is 1. The normalized spacial score (nSPS) is 32.2. The van der Waals surface area contributed by atoms with Crippen LogP contribution in [0.25, 0.3) is 5.65 Å². The van der Waals surface area contributed by atoms with Crippen molar-refractivity contribution in [2.75, 3.05) is 6.54 Å². The minimum absolute atomic E-state index is 0.00241. The van der Waals surface area contributed by atoms with E-state index in [0.29, 0.717) is 12.2 Å². The van der Waals surface area contributed by atoms with Gasteiger partial charge in [-0.05, 0) is 44.7 Å². The Bertz CT molecular complexity index is 951. The van der Waals surface area contributed by atoms with Crippen LogP contribution in [-0.2, 0) is 4.79 Å². The van der Waals surface area contributed by atoms with Gasteiger partial charge in [0.1, 0.15) is 11.3 Å². The zero-order chi connectivity index (χ0) is 18.9. The van der Waals surface area contributed by atoms with Gasteiger partial charge in [-0.1, -0.05) is 13.0 Å². The smallest absolute Gasteiger partial charge is 0.274 e. The zero-order valence-electron chi connectivity index (χ0n) is 16.2. The fraction of sp³-hybridized carbons (Fsp3) is 0.571. The van der Waals surface area contributed by atoms with Gasteiger partial charge in [0.05, 0.1) is 6.04 Å². The monoisotopic (exact) mass is 366 g/mol. The maximum Gasteiger partial charge on any atom is 0.274 e. The van der Waals surface area contributed by atoms with Gasteiger partial charge in [0.15, 0.2) is 0 Å². The Labute approximate surface area is 159 Å². The number of nitrogens with zero attached hydrogens (tertiary/aromatic N) is 4.